The SMILES string of the molecule is CC(C)(O)c1ccccc1C(O)CC(O)c1cccc(C=Cc2ccc3ccc(Cl)cc3n2)c1. The lowest BCUT2D eigenvalue weighted by molar-refractivity contribution is 0.0602. The molecular weight excluding hydrogens is 446 g/mol. The molecule has 0 spiro atoms. The van der Waals surface area contributed by atoms with Crippen LogP contribution in [0.5, 0.6) is 0 Å². The maximum Gasteiger partial charge on any atom is 0.0844 e. The van der Waals surface area contributed by atoms with Gasteiger partial charge in [0.15, 0.2) is 0 Å². The fraction of sp³-hybridized carbons (Fsp3) is 0.207. The summed E-state index contributed by atoms with van der Waals surface area (Å²) < 4.78 is 0. The summed E-state index contributed by atoms with van der Waals surface area (Å²) >= 11 is 6.08. The van der Waals surface area contributed by atoms with Crippen molar-refractivity contribution in [2.24, 2.45) is 0 Å². The van der Waals surface area contributed by atoms with Crippen LogP contribution in [-0.4, -0.2) is 20.3 Å². The van der Waals surface area contributed by atoms with E-state index in [1.807, 2.05) is 78.9 Å². The van der Waals surface area contributed by atoms with Gasteiger partial charge in [0.25, 0.3) is 0 Å². The third-order valence-electron chi connectivity index (χ3n) is 5.84. The van der Waals surface area contributed by atoms with Crippen molar-refractivity contribution in [2.45, 2.75) is 38.1 Å². The molecule has 0 aliphatic rings. The first-order valence-electron chi connectivity index (χ1n) is 11.2. The second-order valence-corrected chi connectivity index (χ2v) is 9.43. The lowest BCUT2D eigenvalue weighted by Gasteiger charge is -2.25. The van der Waals surface area contributed by atoms with E-state index < -0.39 is 17.8 Å². The van der Waals surface area contributed by atoms with Crippen LogP contribution < -0.4 is 0 Å². The minimum Gasteiger partial charge on any atom is -0.388 e. The average Bonchev–Trinajstić information content (AvgIpc) is 2.82. The van der Waals surface area contributed by atoms with Crippen molar-refractivity contribution >= 4 is 34.7 Å². The van der Waals surface area contributed by atoms with Crippen LogP contribution in [0.25, 0.3) is 23.1 Å². The van der Waals surface area contributed by atoms with E-state index in [0.29, 0.717) is 21.7 Å². The molecule has 4 nitrogen and oxygen atoms in total. The van der Waals surface area contributed by atoms with Gasteiger partial charge in [-0.1, -0.05) is 72.3 Å². The van der Waals surface area contributed by atoms with E-state index in [2.05, 4.69) is 4.98 Å². The van der Waals surface area contributed by atoms with Crippen molar-refractivity contribution in [1.82, 2.24) is 4.98 Å². The van der Waals surface area contributed by atoms with E-state index in [-0.39, 0.29) is 6.42 Å². The predicted octanol–water partition coefficient (Wildman–Crippen LogP) is 6.44. The zero-order chi connectivity index (χ0) is 24.3. The molecule has 0 bridgehead atoms. The summed E-state index contributed by atoms with van der Waals surface area (Å²) in [4.78, 5) is 4.64. The molecule has 3 aromatic carbocycles. The Morgan fingerprint density at radius 2 is 1.65 bits per heavy atom. The van der Waals surface area contributed by atoms with E-state index in [1.54, 1.807) is 26.0 Å². The van der Waals surface area contributed by atoms with Gasteiger partial charge in [-0.25, -0.2) is 4.98 Å². The summed E-state index contributed by atoms with van der Waals surface area (Å²) in [5, 5.41) is 33.8. The Balaban J connectivity index is 1.50. The lowest BCUT2D eigenvalue weighted by atomic mass is 9.88. The molecule has 0 aliphatic carbocycles. The zero-order valence-corrected chi connectivity index (χ0v) is 19.9. The van der Waals surface area contributed by atoms with Crippen LogP contribution in [0, 0.1) is 0 Å². The molecule has 0 saturated heterocycles. The summed E-state index contributed by atoms with van der Waals surface area (Å²) in [5.41, 5.74) is 3.44. The Hall–Kier alpha value is -3.02. The van der Waals surface area contributed by atoms with E-state index in [4.69, 9.17) is 11.6 Å². The molecule has 174 valence electrons. The molecule has 3 N–H and O–H groups in total. The molecule has 0 amide bonds. The Morgan fingerprint density at radius 3 is 2.44 bits per heavy atom. The van der Waals surface area contributed by atoms with Crippen molar-refractivity contribution in [3.8, 4) is 0 Å². The summed E-state index contributed by atoms with van der Waals surface area (Å²) in [7, 11) is 0. The van der Waals surface area contributed by atoms with Gasteiger partial charge in [0, 0.05) is 16.8 Å². The summed E-state index contributed by atoms with van der Waals surface area (Å²) in [6, 6.07) is 24.4. The lowest BCUT2D eigenvalue weighted by Crippen LogP contribution is -2.20. The largest absolute Gasteiger partial charge is 0.388 e. The highest BCUT2D eigenvalue weighted by Crippen LogP contribution is 2.33. The van der Waals surface area contributed by atoms with Gasteiger partial charge in [0.1, 0.15) is 0 Å². The van der Waals surface area contributed by atoms with Gasteiger partial charge in [-0.3, -0.25) is 0 Å². The first-order chi connectivity index (χ1) is 16.2. The Kier molecular flexibility index (Phi) is 7.15. The fourth-order valence-corrected chi connectivity index (χ4v) is 4.24. The normalized spacial score (nSPS) is 13.9. The molecule has 1 heterocycles. The molecule has 0 saturated carbocycles. The van der Waals surface area contributed by atoms with Gasteiger partial charge in [-0.05, 0) is 66.4 Å². The third kappa shape index (κ3) is 5.72. The van der Waals surface area contributed by atoms with Crippen LogP contribution in [0.3, 0.4) is 0 Å². The minimum atomic E-state index is -1.09. The molecule has 0 aliphatic heterocycles. The van der Waals surface area contributed by atoms with E-state index >= 15 is 0 Å². The van der Waals surface area contributed by atoms with Crippen molar-refractivity contribution in [3.05, 3.63) is 112 Å². The third-order valence-corrected chi connectivity index (χ3v) is 6.08. The van der Waals surface area contributed by atoms with Crippen LogP contribution in [0.2, 0.25) is 5.02 Å². The maximum absolute atomic E-state index is 10.8. The standard InChI is InChI=1S/C29H28ClNO3/c1-29(2,34)25-9-4-3-8-24(25)28(33)18-27(32)21-7-5-6-19(16-21)10-14-23-15-12-20-11-13-22(30)17-26(20)31-23/h3-17,27-28,32-34H,18H2,1-2H3. The average molecular weight is 474 g/mol. The van der Waals surface area contributed by atoms with Crippen LogP contribution in [0.4, 0.5) is 0 Å². The molecule has 0 radical (unpaired) electrons. The summed E-state index contributed by atoms with van der Waals surface area (Å²) in [6.45, 7) is 3.37. The number of halogens is 1. The smallest absolute Gasteiger partial charge is 0.0844 e. The molecule has 5 heteroatoms. The predicted molar refractivity (Wildman–Crippen MR) is 138 cm³/mol. The number of pyridine rings is 1. The summed E-state index contributed by atoms with van der Waals surface area (Å²) in [5.74, 6) is 0. The Morgan fingerprint density at radius 1 is 0.882 bits per heavy atom. The van der Waals surface area contributed by atoms with Crippen molar-refractivity contribution < 1.29 is 15.3 Å². The maximum atomic E-state index is 10.8. The molecule has 1 aromatic heterocycles. The van der Waals surface area contributed by atoms with E-state index in [0.717, 1.165) is 22.2 Å². The molecule has 4 rings (SSSR count). The molecule has 0 fully saturated rings. The highest BCUT2D eigenvalue weighted by atomic mass is 35.5. The monoisotopic (exact) mass is 473 g/mol. The van der Waals surface area contributed by atoms with E-state index in [1.165, 1.54) is 0 Å². The van der Waals surface area contributed by atoms with Gasteiger partial charge < -0.3 is 15.3 Å². The molecule has 2 atom stereocenters. The molecule has 4 aromatic rings. The number of nitrogens with zero attached hydrogens (tertiary/aromatic N) is 1. The minimum absolute atomic E-state index is 0.118. The molecule has 2 unspecified atom stereocenters. The fourth-order valence-electron chi connectivity index (χ4n) is 4.07. The van der Waals surface area contributed by atoms with Gasteiger partial charge in [-0.15, -0.1) is 0 Å². The van der Waals surface area contributed by atoms with Crippen molar-refractivity contribution in [1.29, 1.82) is 0 Å². The number of benzene rings is 3. The first kappa shape index (κ1) is 24.1. The van der Waals surface area contributed by atoms with Crippen molar-refractivity contribution in [3.63, 3.8) is 0 Å². The van der Waals surface area contributed by atoms with Gasteiger partial charge in [-0.2, -0.15) is 0 Å². The van der Waals surface area contributed by atoms with Gasteiger partial charge in [0.2, 0.25) is 0 Å². The number of aliphatic hydroxyl groups is 3. The van der Waals surface area contributed by atoms with Crippen LogP contribution in [0.15, 0.2) is 78.9 Å². The molecule has 34 heavy (non-hydrogen) atoms. The quantitative estimate of drug-likeness (QED) is 0.288. The Bertz CT molecular complexity index is 1330. The van der Waals surface area contributed by atoms with Crippen LogP contribution in [-0.2, 0) is 5.60 Å². The number of aliphatic hydroxyl groups excluding tert-OH is 2. The first-order valence-corrected chi connectivity index (χ1v) is 11.6. The zero-order valence-electron chi connectivity index (χ0n) is 19.2. The van der Waals surface area contributed by atoms with Crippen LogP contribution in [0.1, 0.15) is 60.4 Å². The second-order valence-electron chi connectivity index (χ2n) is 8.99. The van der Waals surface area contributed by atoms with Gasteiger partial charge in [0.05, 0.1) is 29.0 Å². The number of rotatable bonds is 7. The number of hydrogen-bond donors (Lipinski definition) is 3. The molecular formula is C29H28ClNO3. The van der Waals surface area contributed by atoms with E-state index in [9.17, 15) is 15.3 Å². The highest BCUT2D eigenvalue weighted by Gasteiger charge is 2.24. The number of aromatic nitrogens is 1. The highest BCUT2D eigenvalue weighted by molar-refractivity contribution is 6.31. The topological polar surface area (TPSA) is 73.6 Å². The summed E-state index contributed by atoms with van der Waals surface area (Å²) in [6.07, 6.45) is 2.20. The van der Waals surface area contributed by atoms with Gasteiger partial charge >= 0.3 is 0 Å². The Labute approximate surface area is 204 Å². The second kappa shape index (κ2) is 10.1. The van der Waals surface area contributed by atoms with Crippen LogP contribution >= 0.6 is 11.6 Å². The number of fused-ring (bicyclic) bond motifs is 1. The van der Waals surface area contributed by atoms with Crippen molar-refractivity contribution in [2.75, 3.05) is 0 Å². The number of hydrogen-bond acceptors (Lipinski definition) is 4.